The summed E-state index contributed by atoms with van der Waals surface area (Å²) in [5.41, 5.74) is 1.17. The number of rotatable bonds is 6. The van der Waals surface area contributed by atoms with Gasteiger partial charge in [0.2, 0.25) is 0 Å². The van der Waals surface area contributed by atoms with Crippen LogP contribution in [0.5, 0.6) is 0 Å². The summed E-state index contributed by atoms with van der Waals surface area (Å²) in [6.07, 6.45) is 4.46. The van der Waals surface area contributed by atoms with Gasteiger partial charge in [0.05, 0.1) is 5.02 Å². The SMILES string of the molecule is CCCNC(Cc1cc(F)ccc1F)c1ccncc1Cl. The Morgan fingerprint density at radius 2 is 2.10 bits per heavy atom. The lowest BCUT2D eigenvalue weighted by Gasteiger charge is -2.20. The van der Waals surface area contributed by atoms with Crippen molar-refractivity contribution in [3.63, 3.8) is 0 Å². The fourth-order valence-corrected chi connectivity index (χ4v) is 2.45. The van der Waals surface area contributed by atoms with E-state index in [9.17, 15) is 8.78 Å². The van der Waals surface area contributed by atoms with Crippen LogP contribution >= 0.6 is 11.6 Å². The Morgan fingerprint density at radius 1 is 1.29 bits per heavy atom. The second-order valence-electron chi connectivity index (χ2n) is 4.84. The van der Waals surface area contributed by atoms with E-state index in [1.54, 1.807) is 18.5 Å². The third kappa shape index (κ3) is 4.22. The van der Waals surface area contributed by atoms with Gasteiger partial charge in [-0.05, 0) is 54.8 Å². The van der Waals surface area contributed by atoms with Crippen molar-refractivity contribution in [3.05, 3.63) is 64.4 Å². The summed E-state index contributed by atoms with van der Waals surface area (Å²) in [7, 11) is 0. The van der Waals surface area contributed by atoms with Crippen LogP contribution in [0.2, 0.25) is 5.02 Å². The molecular weight excluding hydrogens is 294 g/mol. The van der Waals surface area contributed by atoms with Crippen LogP contribution in [-0.4, -0.2) is 11.5 Å². The van der Waals surface area contributed by atoms with Crippen molar-refractivity contribution in [3.8, 4) is 0 Å². The number of halogens is 3. The van der Waals surface area contributed by atoms with Gasteiger partial charge in [-0.2, -0.15) is 0 Å². The molecule has 0 fully saturated rings. The van der Waals surface area contributed by atoms with Crippen LogP contribution in [-0.2, 0) is 6.42 Å². The summed E-state index contributed by atoms with van der Waals surface area (Å²) in [4.78, 5) is 3.95. The third-order valence-electron chi connectivity index (χ3n) is 3.25. The lowest BCUT2D eigenvalue weighted by molar-refractivity contribution is 0.508. The molecule has 1 N–H and O–H groups in total. The van der Waals surface area contributed by atoms with Crippen LogP contribution in [0.1, 0.15) is 30.5 Å². The van der Waals surface area contributed by atoms with E-state index in [1.165, 1.54) is 6.07 Å². The van der Waals surface area contributed by atoms with Crippen molar-refractivity contribution < 1.29 is 8.78 Å². The summed E-state index contributed by atoms with van der Waals surface area (Å²) in [6, 6.07) is 5.11. The first-order chi connectivity index (χ1) is 10.1. The van der Waals surface area contributed by atoms with Gasteiger partial charge in [0.15, 0.2) is 0 Å². The molecule has 112 valence electrons. The molecule has 0 aliphatic carbocycles. The summed E-state index contributed by atoms with van der Waals surface area (Å²) in [5, 5.41) is 3.84. The molecule has 0 aliphatic rings. The summed E-state index contributed by atoms with van der Waals surface area (Å²) < 4.78 is 27.1. The summed E-state index contributed by atoms with van der Waals surface area (Å²) in [6.45, 7) is 2.81. The van der Waals surface area contributed by atoms with Crippen LogP contribution in [0.25, 0.3) is 0 Å². The van der Waals surface area contributed by atoms with Gasteiger partial charge >= 0.3 is 0 Å². The van der Waals surface area contributed by atoms with E-state index in [1.807, 2.05) is 6.92 Å². The zero-order chi connectivity index (χ0) is 15.2. The molecule has 1 aromatic carbocycles. The lowest BCUT2D eigenvalue weighted by Crippen LogP contribution is -2.25. The van der Waals surface area contributed by atoms with E-state index in [4.69, 9.17) is 11.6 Å². The molecule has 2 aromatic rings. The highest BCUT2D eigenvalue weighted by Gasteiger charge is 2.17. The molecule has 0 spiro atoms. The maximum atomic E-state index is 13.8. The lowest BCUT2D eigenvalue weighted by atomic mass is 9.99. The average Bonchev–Trinajstić information content (AvgIpc) is 2.48. The molecule has 0 saturated heterocycles. The van der Waals surface area contributed by atoms with Crippen LogP contribution in [0, 0.1) is 11.6 Å². The molecule has 1 atom stereocenters. The Bertz CT molecular complexity index is 605. The van der Waals surface area contributed by atoms with Gasteiger partial charge in [0, 0.05) is 18.4 Å². The monoisotopic (exact) mass is 310 g/mol. The number of nitrogens with one attached hydrogen (secondary N) is 1. The molecule has 0 bridgehead atoms. The molecular formula is C16H17ClF2N2. The van der Waals surface area contributed by atoms with Gasteiger partial charge < -0.3 is 5.32 Å². The largest absolute Gasteiger partial charge is 0.310 e. The van der Waals surface area contributed by atoms with Crippen LogP contribution < -0.4 is 5.32 Å². The van der Waals surface area contributed by atoms with E-state index in [0.717, 1.165) is 30.7 Å². The van der Waals surface area contributed by atoms with Crippen molar-refractivity contribution in [2.24, 2.45) is 0 Å². The zero-order valence-corrected chi connectivity index (χ0v) is 12.5. The molecule has 0 radical (unpaired) electrons. The smallest absolute Gasteiger partial charge is 0.126 e. The second kappa shape index (κ2) is 7.48. The fourth-order valence-electron chi connectivity index (χ4n) is 2.20. The van der Waals surface area contributed by atoms with Crippen molar-refractivity contribution in [2.75, 3.05) is 6.54 Å². The minimum Gasteiger partial charge on any atom is -0.310 e. The predicted molar refractivity (Wildman–Crippen MR) is 80.3 cm³/mol. The quantitative estimate of drug-likeness (QED) is 0.860. The summed E-state index contributed by atoms with van der Waals surface area (Å²) in [5.74, 6) is -0.855. The van der Waals surface area contributed by atoms with Gasteiger partial charge in [-0.1, -0.05) is 18.5 Å². The van der Waals surface area contributed by atoms with Gasteiger partial charge in [0.25, 0.3) is 0 Å². The molecule has 0 saturated carbocycles. The van der Waals surface area contributed by atoms with Crippen molar-refractivity contribution >= 4 is 11.6 Å². The minimum absolute atomic E-state index is 0.184. The molecule has 21 heavy (non-hydrogen) atoms. The van der Waals surface area contributed by atoms with E-state index < -0.39 is 11.6 Å². The minimum atomic E-state index is -0.443. The summed E-state index contributed by atoms with van der Waals surface area (Å²) >= 11 is 6.16. The maximum Gasteiger partial charge on any atom is 0.126 e. The number of aromatic nitrogens is 1. The molecule has 1 aromatic heterocycles. The fraction of sp³-hybridized carbons (Fsp3) is 0.312. The number of nitrogens with zero attached hydrogens (tertiary/aromatic N) is 1. The van der Waals surface area contributed by atoms with Gasteiger partial charge in [-0.25, -0.2) is 8.78 Å². The zero-order valence-electron chi connectivity index (χ0n) is 11.7. The van der Waals surface area contributed by atoms with E-state index >= 15 is 0 Å². The highest BCUT2D eigenvalue weighted by atomic mass is 35.5. The van der Waals surface area contributed by atoms with Crippen LogP contribution in [0.4, 0.5) is 8.78 Å². The molecule has 0 aliphatic heterocycles. The number of benzene rings is 1. The van der Waals surface area contributed by atoms with Crippen LogP contribution in [0.3, 0.4) is 0 Å². The van der Waals surface area contributed by atoms with Gasteiger partial charge in [-0.3, -0.25) is 4.98 Å². The maximum absolute atomic E-state index is 13.8. The predicted octanol–water partition coefficient (Wildman–Crippen LogP) is 4.30. The van der Waals surface area contributed by atoms with Gasteiger partial charge in [-0.15, -0.1) is 0 Å². The molecule has 0 amide bonds. The number of hydrogen-bond donors (Lipinski definition) is 1. The average molecular weight is 311 g/mol. The van der Waals surface area contributed by atoms with Crippen molar-refractivity contribution in [1.82, 2.24) is 10.3 Å². The standard InChI is InChI=1S/C16H17ClF2N2/c1-2-6-21-16(13-5-7-20-10-14(13)17)9-11-8-12(18)3-4-15(11)19/h3-5,7-8,10,16,21H,2,6,9H2,1H3. The number of pyridine rings is 1. The first kappa shape index (κ1) is 15.9. The highest BCUT2D eigenvalue weighted by Crippen LogP contribution is 2.26. The Labute approximate surface area is 128 Å². The van der Waals surface area contributed by atoms with Crippen molar-refractivity contribution in [2.45, 2.75) is 25.8 Å². The molecule has 2 nitrogen and oxygen atoms in total. The van der Waals surface area contributed by atoms with E-state index in [0.29, 0.717) is 17.0 Å². The molecule has 2 rings (SSSR count). The second-order valence-corrected chi connectivity index (χ2v) is 5.25. The Balaban J connectivity index is 2.28. The Kier molecular flexibility index (Phi) is 5.65. The van der Waals surface area contributed by atoms with Crippen LogP contribution in [0.15, 0.2) is 36.7 Å². The third-order valence-corrected chi connectivity index (χ3v) is 3.57. The van der Waals surface area contributed by atoms with E-state index in [2.05, 4.69) is 10.3 Å². The topological polar surface area (TPSA) is 24.9 Å². The van der Waals surface area contributed by atoms with E-state index in [-0.39, 0.29) is 6.04 Å². The molecule has 1 heterocycles. The van der Waals surface area contributed by atoms with Crippen molar-refractivity contribution in [1.29, 1.82) is 0 Å². The normalized spacial score (nSPS) is 12.4. The number of hydrogen-bond acceptors (Lipinski definition) is 2. The first-order valence-electron chi connectivity index (χ1n) is 6.88. The Hall–Kier alpha value is -1.52. The highest BCUT2D eigenvalue weighted by molar-refractivity contribution is 6.31. The molecule has 5 heteroatoms. The first-order valence-corrected chi connectivity index (χ1v) is 7.26. The Morgan fingerprint density at radius 3 is 2.81 bits per heavy atom. The van der Waals surface area contributed by atoms with Gasteiger partial charge in [0.1, 0.15) is 11.6 Å². The molecule has 1 unspecified atom stereocenters.